The number of aromatic nitrogens is 3. The van der Waals surface area contributed by atoms with Gasteiger partial charge in [-0.1, -0.05) is 57.0 Å². The normalized spacial score (nSPS) is 12.5. The molecule has 30 heavy (non-hydrogen) atoms. The van der Waals surface area contributed by atoms with Crippen molar-refractivity contribution < 1.29 is 9.53 Å². The summed E-state index contributed by atoms with van der Waals surface area (Å²) in [7, 11) is 2.02. The molecule has 1 atom stereocenters. The quantitative estimate of drug-likeness (QED) is 0.463. The SMILES string of the molecule is CCCC(C(=O)OCC)c1c(C)nc2c(nc(C(C)C)n2C)c1-c1ccc(C)cc1. The van der Waals surface area contributed by atoms with Crippen LogP contribution in [0.5, 0.6) is 0 Å². The van der Waals surface area contributed by atoms with Crippen molar-refractivity contribution >= 4 is 17.1 Å². The zero-order valence-corrected chi connectivity index (χ0v) is 19.2. The molecule has 0 aliphatic rings. The summed E-state index contributed by atoms with van der Waals surface area (Å²) in [5, 5.41) is 0. The van der Waals surface area contributed by atoms with Crippen molar-refractivity contribution in [1.82, 2.24) is 14.5 Å². The molecule has 0 radical (unpaired) electrons. The predicted molar refractivity (Wildman–Crippen MR) is 122 cm³/mol. The highest BCUT2D eigenvalue weighted by molar-refractivity contribution is 5.96. The Balaban J connectivity index is 2.40. The Bertz CT molecular complexity index is 1050. The van der Waals surface area contributed by atoms with E-state index in [9.17, 15) is 4.79 Å². The smallest absolute Gasteiger partial charge is 0.313 e. The van der Waals surface area contributed by atoms with Crippen molar-refractivity contribution in [3.05, 3.63) is 46.9 Å². The number of carbonyl (C=O) groups excluding carboxylic acids is 1. The summed E-state index contributed by atoms with van der Waals surface area (Å²) in [6.45, 7) is 12.7. The maximum absolute atomic E-state index is 13.0. The predicted octanol–water partition coefficient (Wildman–Crippen LogP) is 5.82. The van der Waals surface area contributed by atoms with E-state index in [4.69, 9.17) is 14.7 Å². The second-order valence-electron chi connectivity index (χ2n) is 8.30. The molecule has 1 unspecified atom stereocenters. The molecular weight excluding hydrogens is 374 g/mol. The van der Waals surface area contributed by atoms with Gasteiger partial charge in [-0.3, -0.25) is 4.79 Å². The molecule has 5 nitrogen and oxygen atoms in total. The number of esters is 1. The molecule has 1 aromatic carbocycles. The Labute approximate surface area is 179 Å². The summed E-state index contributed by atoms with van der Waals surface area (Å²) in [4.78, 5) is 22.9. The number of hydrogen-bond donors (Lipinski definition) is 0. The molecule has 0 aliphatic heterocycles. The molecule has 5 heteroatoms. The second kappa shape index (κ2) is 8.99. The van der Waals surface area contributed by atoms with Gasteiger partial charge in [-0.05, 0) is 38.3 Å². The van der Waals surface area contributed by atoms with E-state index < -0.39 is 0 Å². The molecule has 2 heterocycles. The Hall–Kier alpha value is -2.69. The minimum atomic E-state index is -0.354. The van der Waals surface area contributed by atoms with Gasteiger partial charge in [0.15, 0.2) is 5.65 Å². The van der Waals surface area contributed by atoms with Crippen molar-refractivity contribution in [3.63, 3.8) is 0 Å². The van der Waals surface area contributed by atoms with Crippen molar-refractivity contribution in [2.24, 2.45) is 7.05 Å². The van der Waals surface area contributed by atoms with Gasteiger partial charge in [-0.25, -0.2) is 9.97 Å². The highest BCUT2D eigenvalue weighted by Crippen LogP contribution is 2.39. The lowest BCUT2D eigenvalue weighted by atomic mass is 9.86. The summed E-state index contributed by atoms with van der Waals surface area (Å²) in [5.74, 6) is 0.727. The molecule has 0 aliphatic carbocycles. The summed E-state index contributed by atoms with van der Waals surface area (Å²) >= 11 is 0. The van der Waals surface area contributed by atoms with Gasteiger partial charge in [0.1, 0.15) is 11.3 Å². The van der Waals surface area contributed by atoms with Crippen molar-refractivity contribution in [1.29, 1.82) is 0 Å². The second-order valence-corrected chi connectivity index (χ2v) is 8.30. The first kappa shape index (κ1) is 22.0. The van der Waals surface area contributed by atoms with E-state index in [1.165, 1.54) is 5.56 Å². The summed E-state index contributed by atoms with van der Waals surface area (Å²) in [6, 6.07) is 8.44. The van der Waals surface area contributed by atoms with Gasteiger partial charge in [0.2, 0.25) is 0 Å². The van der Waals surface area contributed by atoms with Gasteiger partial charge in [0.25, 0.3) is 0 Å². The molecular formula is C25H33N3O2. The third kappa shape index (κ3) is 3.98. The number of imidazole rings is 1. The van der Waals surface area contributed by atoms with Gasteiger partial charge in [0.05, 0.1) is 12.5 Å². The fourth-order valence-electron chi connectivity index (χ4n) is 4.20. The third-order valence-electron chi connectivity index (χ3n) is 5.62. The number of pyridine rings is 1. The van der Waals surface area contributed by atoms with E-state index in [1.54, 1.807) is 0 Å². The maximum atomic E-state index is 13.0. The van der Waals surface area contributed by atoms with Crippen LogP contribution in [0.25, 0.3) is 22.3 Å². The molecule has 160 valence electrons. The molecule has 0 fully saturated rings. The molecule has 0 amide bonds. The van der Waals surface area contributed by atoms with E-state index in [0.717, 1.165) is 52.2 Å². The van der Waals surface area contributed by atoms with E-state index in [-0.39, 0.29) is 17.8 Å². The third-order valence-corrected chi connectivity index (χ3v) is 5.62. The molecule has 2 aromatic heterocycles. The minimum absolute atomic E-state index is 0.183. The number of benzene rings is 1. The van der Waals surface area contributed by atoms with Gasteiger partial charge < -0.3 is 9.30 Å². The summed E-state index contributed by atoms with van der Waals surface area (Å²) < 4.78 is 7.54. The number of carbonyl (C=O) groups is 1. The highest BCUT2D eigenvalue weighted by atomic mass is 16.5. The van der Waals surface area contributed by atoms with Crippen LogP contribution in [0.3, 0.4) is 0 Å². The van der Waals surface area contributed by atoms with Gasteiger partial charge in [0, 0.05) is 24.2 Å². The Morgan fingerprint density at radius 1 is 1.10 bits per heavy atom. The van der Waals surface area contributed by atoms with Gasteiger partial charge >= 0.3 is 5.97 Å². The number of aryl methyl sites for hydroxylation is 3. The zero-order chi connectivity index (χ0) is 22.0. The maximum Gasteiger partial charge on any atom is 0.313 e. The topological polar surface area (TPSA) is 57.0 Å². The van der Waals surface area contributed by atoms with Crippen LogP contribution in [-0.4, -0.2) is 27.1 Å². The van der Waals surface area contributed by atoms with Crippen LogP contribution in [0.1, 0.15) is 75.0 Å². The molecule has 3 aromatic rings. The van der Waals surface area contributed by atoms with Crippen LogP contribution in [-0.2, 0) is 16.6 Å². The van der Waals surface area contributed by atoms with E-state index >= 15 is 0 Å². The Morgan fingerprint density at radius 3 is 2.33 bits per heavy atom. The average Bonchev–Trinajstić information content (AvgIpc) is 3.03. The van der Waals surface area contributed by atoms with E-state index in [2.05, 4.69) is 56.5 Å². The zero-order valence-electron chi connectivity index (χ0n) is 19.2. The van der Waals surface area contributed by atoms with Gasteiger partial charge in [-0.2, -0.15) is 0 Å². The van der Waals surface area contributed by atoms with Crippen LogP contribution in [0.4, 0.5) is 0 Å². The van der Waals surface area contributed by atoms with Crippen LogP contribution in [0.2, 0.25) is 0 Å². The minimum Gasteiger partial charge on any atom is -0.466 e. The Morgan fingerprint density at radius 2 is 1.77 bits per heavy atom. The number of nitrogens with zero attached hydrogens (tertiary/aromatic N) is 3. The molecule has 0 bridgehead atoms. The summed E-state index contributed by atoms with van der Waals surface area (Å²) in [5.41, 5.74) is 6.78. The van der Waals surface area contributed by atoms with E-state index in [0.29, 0.717) is 6.61 Å². The van der Waals surface area contributed by atoms with Crippen molar-refractivity contribution in [2.75, 3.05) is 6.61 Å². The van der Waals surface area contributed by atoms with Crippen molar-refractivity contribution in [3.8, 4) is 11.1 Å². The molecule has 3 rings (SSSR count). The number of rotatable bonds is 7. The number of hydrogen-bond acceptors (Lipinski definition) is 4. The molecule has 0 saturated heterocycles. The van der Waals surface area contributed by atoms with Gasteiger partial charge in [-0.15, -0.1) is 0 Å². The first-order valence-electron chi connectivity index (χ1n) is 10.9. The number of ether oxygens (including phenoxy) is 1. The summed E-state index contributed by atoms with van der Waals surface area (Å²) in [6.07, 6.45) is 1.60. The number of fused-ring (bicyclic) bond motifs is 1. The van der Waals surface area contributed by atoms with Crippen molar-refractivity contribution in [2.45, 2.75) is 66.2 Å². The van der Waals surface area contributed by atoms with Crippen LogP contribution >= 0.6 is 0 Å². The molecule has 0 spiro atoms. The van der Waals surface area contributed by atoms with Crippen LogP contribution < -0.4 is 0 Å². The fraction of sp³-hybridized carbons (Fsp3) is 0.480. The van der Waals surface area contributed by atoms with Crippen LogP contribution in [0, 0.1) is 13.8 Å². The first-order valence-corrected chi connectivity index (χ1v) is 10.9. The molecule has 0 saturated carbocycles. The standard InChI is InChI=1S/C25H33N3O2/c1-8-10-19(25(29)30-9-2)20-17(6)26-24-22(27-23(15(3)4)28(24)7)21(20)18-13-11-16(5)12-14-18/h11-15,19H,8-10H2,1-7H3. The monoisotopic (exact) mass is 407 g/mol. The lowest BCUT2D eigenvalue weighted by Crippen LogP contribution is -2.19. The lowest BCUT2D eigenvalue weighted by molar-refractivity contribution is -0.145. The lowest BCUT2D eigenvalue weighted by Gasteiger charge is -2.21. The first-order chi connectivity index (χ1) is 14.3. The highest BCUT2D eigenvalue weighted by Gasteiger charge is 2.30. The fourth-order valence-corrected chi connectivity index (χ4v) is 4.20. The molecule has 0 N–H and O–H groups in total. The average molecular weight is 408 g/mol. The van der Waals surface area contributed by atoms with Crippen LogP contribution in [0.15, 0.2) is 24.3 Å². The largest absolute Gasteiger partial charge is 0.466 e. The Kier molecular flexibility index (Phi) is 6.59. The van der Waals surface area contributed by atoms with E-state index in [1.807, 2.05) is 20.9 Å².